The maximum atomic E-state index is 13.1. The highest BCUT2D eigenvalue weighted by Gasteiger charge is 2.24. The van der Waals surface area contributed by atoms with Gasteiger partial charge in [-0.15, -0.1) is 0 Å². The molecule has 0 saturated carbocycles. The SMILES string of the molecule is O=C(NC[C@H]1CCCO1)c1cc(-c2ccco2)nc2onc(-c3ccccc3)c12. The predicted octanol–water partition coefficient (Wildman–Crippen LogP) is 4.06. The first-order valence-electron chi connectivity index (χ1n) is 9.59. The number of fused-ring (bicyclic) bond motifs is 1. The summed E-state index contributed by atoms with van der Waals surface area (Å²) in [6, 6.07) is 14.9. The molecule has 29 heavy (non-hydrogen) atoms. The normalized spacial score (nSPS) is 16.3. The van der Waals surface area contributed by atoms with Gasteiger partial charge in [0.1, 0.15) is 11.4 Å². The Bertz CT molecular complexity index is 1130. The topological polar surface area (TPSA) is 90.4 Å². The summed E-state index contributed by atoms with van der Waals surface area (Å²) in [6.07, 6.45) is 3.59. The van der Waals surface area contributed by atoms with E-state index in [4.69, 9.17) is 13.7 Å². The molecule has 0 spiro atoms. The van der Waals surface area contributed by atoms with Crippen LogP contribution in [0.2, 0.25) is 0 Å². The summed E-state index contributed by atoms with van der Waals surface area (Å²) in [5.74, 6) is 0.332. The maximum absolute atomic E-state index is 13.1. The Morgan fingerprint density at radius 2 is 2.07 bits per heavy atom. The Hall–Kier alpha value is -3.45. The van der Waals surface area contributed by atoms with Crippen LogP contribution in [0, 0.1) is 0 Å². The number of pyridine rings is 1. The van der Waals surface area contributed by atoms with E-state index in [9.17, 15) is 4.79 Å². The number of carbonyl (C=O) groups is 1. The van der Waals surface area contributed by atoms with E-state index < -0.39 is 0 Å². The molecule has 1 aromatic carbocycles. The first-order chi connectivity index (χ1) is 14.3. The molecule has 0 unspecified atom stereocenters. The molecule has 1 amide bonds. The van der Waals surface area contributed by atoms with Gasteiger partial charge >= 0.3 is 0 Å². The van der Waals surface area contributed by atoms with Crippen LogP contribution in [0.25, 0.3) is 33.8 Å². The summed E-state index contributed by atoms with van der Waals surface area (Å²) >= 11 is 0. The molecule has 1 fully saturated rings. The minimum Gasteiger partial charge on any atom is -0.463 e. The van der Waals surface area contributed by atoms with Gasteiger partial charge in [-0.2, -0.15) is 0 Å². The molecule has 0 bridgehead atoms. The number of hydrogen-bond donors (Lipinski definition) is 1. The van der Waals surface area contributed by atoms with Gasteiger partial charge in [0, 0.05) is 18.7 Å². The van der Waals surface area contributed by atoms with Crippen LogP contribution in [0.3, 0.4) is 0 Å². The number of carbonyl (C=O) groups excluding carboxylic acids is 1. The van der Waals surface area contributed by atoms with Gasteiger partial charge in [-0.3, -0.25) is 4.79 Å². The van der Waals surface area contributed by atoms with Crippen molar-refractivity contribution in [2.45, 2.75) is 18.9 Å². The number of hydrogen-bond acceptors (Lipinski definition) is 6. The van der Waals surface area contributed by atoms with Gasteiger partial charge in [0.15, 0.2) is 5.76 Å². The van der Waals surface area contributed by atoms with Crippen molar-refractivity contribution in [1.82, 2.24) is 15.5 Å². The quantitative estimate of drug-likeness (QED) is 0.554. The number of nitrogens with zero attached hydrogens (tertiary/aromatic N) is 2. The van der Waals surface area contributed by atoms with Gasteiger partial charge in [0.25, 0.3) is 11.6 Å². The van der Waals surface area contributed by atoms with E-state index in [1.54, 1.807) is 24.5 Å². The first kappa shape index (κ1) is 17.6. The second-order valence-electron chi connectivity index (χ2n) is 6.95. The van der Waals surface area contributed by atoms with Crippen molar-refractivity contribution in [3.63, 3.8) is 0 Å². The molecule has 1 N–H and O–H groups in total. The summed E-state index contributed by atoms with van der Waals surface area (Å²) < 4.78 is 16.6. The largest absolute Gasteiger partial charge is 0.463 e. The third kappa shape index (κ3) is 3.40. The summed E-state index contributed by atoms with van der Waals surface area (Å²) in [7, 11) is 0. The van der Waals surface area contributed by atoms with Gasteiger partial charge in [-0.25, -0.2) is 4.98 Å². The van der Waals surface area contributed by atoms with Crippen LogP contribution >= 0.6 is 0 Å². The lowest BCUT2D eigenvalue weighted by Gasteiger charge is -2.12. The molecule has 1 atom stereocenters. The molecule has 7 heteroatoms. The number of amides is 1. The van der Waals surface area contributed by atoms with E-state index in [1.165, 1.54) is 0 Å². The van der Waals surface area contributed by atoms with Crippen molar-refractivity contribution in [3.8, 4) is 22.7 Å². The maximum Gasteiger partial charge on any atom is 0.259 e. The highest BCUT2D eigenvalue weighted by molar-refractivity contribution is 6.10. The third-order valence-electron chi connectivity index (χ3n) is 5.03. The molecule has 3 aromatic heterocycles. The molecular weight excluding hydrogens is 370 g/mol. The summed E-state index contributed by atoms with van der Waals surface area (Å²) in [6.45, 7) is 1.21. The van der Waals surface area contributed by atoms with Gasteiger partial charge in [0.05, 0.1) is 23.3 Å². The zero-order valence-electron chi connectivity index (χ0n) is 15.6. The molecule has 1 aliphatic rings. The Labute approximate surface area is 166 Å². The van der Waals surface area contributed by atoms with E-state index in [1.807, 2.05) is 30.3 Å². The Morgan fingerprint density at radius 1 is 1.17 bits per heavy atom. The second-order valence-corrected chi connectivity index (χ2v) is 6.95. The van der Waals surface area contributed by atoms with Gasteiger partial charge < -0.3 is 19.0 Å². The third-order valence-corrected chi connectivity index (χ3v) is 5.03. The summed E-state index contributed by atoms with van der Waals surface area (Å²) in [5.41, 5.74) is 2.69. The standard InChI is InChI=1S/C22H19N3O4/c26-21(23-13-15-8-4-10-27-15)16-12-17(18-9-5-11-28-18)24-22-19(16)20(25-29-22)14-6-2-1-3-7-14/h1-3,5-7,9,11-12,15H,4,8,10,13H2,(H,23,26)/t15-/m1/s1. The lowest BCUT2D eigenvalue weighted by Crippen LogP contribution is -2.32. The lowest BCUT2D eigenvalue weighted by molar-refractivity contribution is 0.0859. The summed E-state index contributed by atoms with van der Waals surface area (Å²) in [5, 5.41) is 7.76. The molecule has 5 rings (SSSR count). The van der Waals surface area contributed by atoms with Crippen molar-refractivity contribution >= 4 is 17.0 Å². The molecule has 0 radical (unpaired) electrons. The molecule has 1 aliphatic heterocycles. The number of rotatable bonds is 5. The summed E-state index contributed by atoms with van der Waals surface area (Å²) in [4.78, 5) is 17.6. The molecule has 146 valence electrons. The van der Waals surface area contributed by atoms with Crippen molar-refractivity contribution in [2.24, 2.45) is 0 Å². The van der Waals surface area contributed by atoms with Crippen LogP contribution in [0.4, 0.5) is 0 Å². The van der Waals surface area contributed by atoms with E-state index >= 15 is 0 Å². The molecule has 4 aromatic rings. The van der Waals surface area contributed by atoms with Gasteiger partial charge in [0.2, 0.25) is 0 Å². The fourth-order valence-corrected chi connectivity index (χ4v) is 3.58. The predicted molar refractivity (Wildman–Crippen MR) is 106 cm³/mol. The average Bonchev–Trinajstić information content (AvgIpc) is 3.53. The number of nitrogens with one attached hydrogen (secondary N) is 1. The monoisotopic (exact) mass is 389 g/mol. The van der Waals surface area contributed by atoms with E-state index in [0.29, 0.717) is 40.4 Å². The Balaban J connectivity index is 1.59. The van der Waals surface area contributed by atoms with E-state index in [0.717, 1.165) is 25.0 Å². The lowest BCUT2D eigenvalue weighted by atomic mass is 10.0. The number of furan rings is 1. The molecular formula is C22H19N3O4. The first-order valence-corrected chi connectivity index (χ1v) is 9.59. The molecule has 7 nitrogen and oxygen atoms in total. The van der Waals surface area contributed by atoms with Crippen molar-refractivity contribution in [2.75, 3.05) is 13.2 Å². The minimum atomic E-state index is -0.221. The van der Waals surface area contributed by atoms with E-state index in [2.05, 4.69) is 15.5 Å². The zero-order valence-corrected chi connectivity index (χ0v) is 15.6. The fraction of sp³-hybridized carbons (Fsp3) is 0.227. The highest BCUT2D eigenvalue weighted by atomic mass is 16.5. The van der Waals surface area contributed by atoms with Crippen molar-refractivity contribution in [3.05, 3.63) is 60.4 Å². The van der Waals surface area contributed by atoms with Gasteiger partial charge in [-0.1, -0.05) is 35.5 Å². The Morgan fingerprint density at radius 3 is 2.83 bits per heavy atom. The van der Waals surface area contributed by atoms with Crippen molar-refractivity contribution in [1.29, 1.82) is 0 Å². The number of benzene rings is 1. The molecule has 4 heterocycles. The van der Waals surface area contributed by atoms with Crippen molar-refractivity contribution < 1.29 is 18.5 Å². The van der Waals surface area contributed by atoms with Crippen LogP contribution in [0.1, 0.15) is 23.2 Å². The highest BCUT2D eigenvalue weighted by Crippen LogP contribution is 2.32. The Kier molecular flexibility index (Phi) is 4.57. The van der Waals surface area contributed by atoms with Crippen LogP contribution < -0.4 is 5.32 Å². The second kappa shape index (κ2) is 7.52. The van der Waals surface area contributed by atoms with Crippen LogP contribution in [-0.4, -0.2) is 35.3 Å². The van der Waals surface area contributed by atoms with Crippen LogP contribution in [-0.2, 0) is 4.74 Å². The molecule has 0 aliphatic carbocycles. The minimum absolute atomic E-state index is 0.0527. The zero-order chi connectivity index (χ0) is 19.6. The number of ether oxygens (including phenoxy) is 1. The van der Waals surface area contributed by atoms with Crippen LogP contribution in [0.15, 0.2) is 63.7 Å². The average molecular weight is 389 g/mol. The van der Waals surface area contributed by atoms with Crippen LogP contribution in [0.5, 0.6) is 0 Å². The van der Waals surface area contributed by atoms with Gasteiger partial charge in [-0.05, 0) is 31.0 Å². The smallest absolute Gasteiger partial charge is 0.259 e. The van der Waals surface area contributed by atoms with E-state index in [-0.39, 0.29) is 12.0 Å². The fourth-order valence-electron chi connectivity index (χ4n) is 3.58. The molecule has 1 saturated heterocycles. The number of aromatic nitrogens is 2.